The van der Waals surface area contributed by atoms with Crippen LogP contribution in [0.25, 0.3) is 0 Å². The maximum Gasteiger partial charge on any atom is 0.123 e. The molecule has 0 aliphatic heterocycles. The van der Waals surface area contributed by atoms with Gasteiger partial charge in [-0.3, -0.25) is 0 Å². The van der Waals surface area contributed by atoms with Gasteiger partial charge in [-0.2, -0.15) is 0 Å². The quantitative estimate of drug-likeness (QED) is 0.361. The van der Waals surface area contributed by atoms with Crippen molar-refractivity contribution in [2.75, 3.05) is 0 Å². The molecule has 12 heavy (non-hydrogen) atoms. The molecule has 0 fully saturated rings. The zero-order valence-electron chi connectivity index (χ0n) is 7.16. The zero-order valence-corrected chi connectivity index (χ0v) is 7.16. The molecule has 0 bridgehead atoms. The van der Waals surface area contributed by atoms with Crippen LogP contribution in [-0.4, -0.2) is 11.4 Å². The van der Waals surface area contributed by atoms with E-state index in [2.05, 4.69) is 5.16 Å². The fraction of sp³-hybridized carbons (Fsp3) is 0.222. The highest BCUT2D eigenvalue weighted by molar-refractivity contribution is 5.51. The van der Waals surface area contributed by atoms with E-state index in [1.54, 1.807) is 13.0 Å². The van der Waals surface area contributed by atoms with Crippen LogP contribution < -0.4 is 0 Å². The minimum atomic E-state index is -0.162. The molecule has 1 N–H and O–H groups in total. The summed E-state index contributed by atoms with van der Waals surface area (Å²) in [5.74, 6) is -0.162. The van der Waals surface area contributed by atoms with Gasteiger partial charge in [0.1, 0.15) is 5.82 Å². The van der Waals surface area contributed by atoms with Gasteiger partial charge in [-0.05, 0) is 31.5 Å². The van der Waals surface area contributed by atoms with Crippen molar-refractivity contribution in [2.24, 2.45) is 5.16 Å². The third-order valence-corrected chi connectivity index (χ3v) is 1.10. The van der Waals surface area contributed by atoms with Crippen LogP contribution in [0.5, 0.6) is 0 Å². The second kappa shape index (κ2) is 6.34. The molecule has 1 aromatic carbocycles. The average molecular weight is 169 g/mol. The Morgan fingerprint density at radius 1 is 1.50 bits per heavy atom. The summed E-state index contributed by atoms with van der Waals surface area (Å²) in [6.07, 6.45) is 1.31. The predicted octanol–water partition coefficient (Wildman–Crippen LogP) is 2.60. The molecule has 0 radical (unpaired) electrons. The van der Waals surface area contributed by atoms with E-state index in [1.165, 1.54) is 18.3 Å². The highest BCUT2D eigenvalue weighted by Crippen LogP contribution is 1.99. The van der Waals surface area contributed by atoms with E-state index < -0.39 is 0 Å². The highest BCUT2D eigenvalue weighted by atomic mass is 19.1. The predicted molar refractivity (Wildman–Crippen MR) is 47.1 cm³/mol. The topological polar surface area (TPSA) is 32.6 Å². The minimum Gasteiger partial charge on any atom is -0.411 e. The summed E-state index contributed by atoms with van der Waals surface area (Å²) in [6.45, 7) is 3.50. The lowest BCUT2D eigenvalue weighted by molar-refractivity contribution is 0.321. The van der Waals surface area contributed by atoms with Crippen molar-refractivity contribution < 1.29 is 9.60 Å². The number of aryl methyl sites for hydroxylation is 1. The lowest BCUT2D eigenvalue weighted by atomic mass is 10.2. The Kier molecular flexibility index (Phi) is 5.61. The van der Waals surface area contributed by atoms with Gasteiger partial charge in [0.15, 0.2) is 0 Å². The fourth-order valence-electron chi connectivity index (χ4n) is 0.606. The zero-order chi connectivity index (χ0) is 9.40. The molecule has 0 aromatic heterocycles. The van der Waals surface area contributed by atoms with Gasteiger partial charge in [-0.15, -0.1) is 5.16 Å². The number of nitrogens with zero attached hydrogens (tertiary/aromatic N) is 1. The first-order valence-corrected chi connectivity index (χ1v) is 3.55. The van der Waals surface area contributed by atoms with Gasteiger partial charge in [-0.25, -0.2) is 4.39 Å². The Morgan fingerprint density at radius 3 is 2.33 bits per heavy atom. The first-order chi connectivity index (χ1) is 5.70. The smallest absolute Gasteiger partial charge is 0.123 e. The SMILES string of the molecule is CC=NO.Cc1cccc(F)c1. The molecule has 0 aliphatic carbocycles. The van der Waals surface area contributed by atoms with E-state index in [4.69, 9.17) is 5.21 Å². The van der Waals surface area contributed by atoms with Gasteiger partial charge in [0, 0.05) is 6.21 Å². The van der Waals surface area contributed by atoms with Gasteiger partial charge in [0.05, 0.1) is 0 Å². The maximum absolute atomic E-state index is 12.2. The summed E-state index contributed by atoms with van der Waals surface area (Å²) in [4.78, 5) is 0. The number of hydrogen-bond donors (Lipinski definition) is 1. The summed E-state index contributed by atoms with van der Waals surface area (Å²) in [6, 6.07) is 6.50. The Morgan fingerprint density at radius 2 is 2.08 bits per heavy atom. The molecule has 0 amide bonds. The number of hydrogen-bond acceptors (Lipinski definition) is 2. The summed E-state index contributed by atoms with van der Waals surface area (Å²) in [7, 11) is 0. The molecule has 0 saturated heterocycles. The van der Waals surface area contributed by atoms with Gasteiger partial charge in [0.2, 0.25) is 0 Å². The number of rotatable bonds is 0. The first kappa shape index (κ1) is 10.6. The third kappa shape index (κ3) is 5.41. The van der Waals surface area contributed by atoms with Crippen molar-refractivity contribution in [3.63, 3.8) is 0 Å². The molecule has 0 aliphatic rings. The molecule has 1 rings (SSSR count). The van der Waals surface area contributed by atoms with Gasteiger partial charge in [0.25, 0.3) is 0 Å². The van der Waals surface area contributed by atoms with Crippen LogP contribution in [0, 0.1) is 12.7 Å². The third-order valence-electron chi connectivity index (χ3n) is 1.10. The van der Waals surface area contributed by atoms with Crippen LogP contribution in [0.4, 0.5) is 4.39 Å². The average Bonchev–Trinajstić information content (AvgIpc) is 2.04. The van der Waals surface area contributed by atoms with E-state index in [0.29, 0.717) is 0 Å². The summed E-state index contributed by atoms with van der Waals surface area (Å²) < 4.78 is 12.2. The summed E-state index contributed by atoms with van der Waals surface area (Å²) >= 11 is 0. The lowest BCUT2D eigenvalue weighted by Gasteiger charge is -1.87. The molecule has 0 saturated carbocycles. The molecular formula is C9H12FNO. The molecule has 0 unspecified atom stereocenters. The van der Waals surface area contributed by atoms with Crippen molar-refractivity contribution in [1.82, 2.24) is 0 Å². The molecule has 66 valence electrons. The molecular weight excluding hydrogens is 157 g/mol. The number of benzene rings is 1. The second-order valence-electron chi connectivity index (χ2n) is 2.17. The van der Waals surface area contributed by atoms with Gasteiger partial charge < -0.3 is 5.21 Å². The van der Waals surface area contributed by atoms with Crippen LogP contribution >= 0.6 is 0 Å². The Balaban J connectivity index is 0.000000261. The second-order valence-corrected chi connectivity index (χ2v) is 2.17. The molecule has 0 atom stereocenters. The molecule has 0 spiro atoms. The Labute approximate surface area is 71.3 Å². The fourth-order valence-corrected chi connectivity index (χ4v) is 0.606. The van der Waals surface area contributed by atoms with Gasteiger partial charge >= 0.3 is 0 Å². The Bertz CT molecular complexity index is 227. The van der Waals surface area contributed by atoms with E-state index in [9.17, 15) is 4.39 Å². The largest absolute Gasteiger partial charge is 0.411 e. The van der Waals surface area contributed by atoms with Crippen LogP contribution in [0.3, 0.4) is 0 Å². The molecule has 1 aromatic rings. The number of halogens is 1. The van der Waals surface area contributed by atoms with Gasteiger partial charge in [-0.1, -0.05) is 12.1 Å². The van der Waals surface area contributed by atoms with Crippen molar-refractivity contribution in [3.05, 3.63) is 35.6 Å². The van der Waals surface area contributed by atoms with Crippen LogP contribution in [0.1, 0.15) is 12.5 Å². The van der Waals surface area contributed by atoms with Crippen LogP contribution in [-0.2, 0) is 0 Å². The van der Waals surface area contributed by atoms with E-state index in [1.807, 2.05) is 13.0 Å². The van der Waals surface area contributed by atoms with Crippen molar-refractivity contribution in [1.29, 1.82) is 0 Å². The van der Waals surface area contributed by atoms with Crippen LogP contribution in [0.2, 0.25) is 0 Å². The molecule has 3 heteroatoms. The lowest BCUT2D eigenvalue weighted by Crippen LogP contribution is -1.72. The molecule has 0 heterocycles. The number of oxime groups is 1. The van der Waals surface area contributed by atoms with Crippen molar-refractivity contribution in [2.45, 2.75) is 13.8 Å². The standard InChI is InChI=1S/C7H7F.C2H5NO/c1-6-3-2-4-7(8)5-6;1-2-3-4/h2-5H,1H3;2,4H,1H3. The molecule has 2 nitrogen and oxygen atoms in total. The van der Waals surface area contributed by atoms with E-state index >= 15 is 0 Å². The van der Waals surface area contributed by atoms with Crippen molar-refractivity contribution >= 4 is 6.21 Å². The monoisotopic (exact) mass is 169 g/mol. The van der Waals surface area contributed by atoms with E-state index in [0.717, 1.165) is 5.56 Å². The normalized spacial score (nSPS) is 9.25. The summed E-state index contributed by atoms with van der Waals surface area (Å²) in [5, 5.41) is 10.1. The van der Waals surface area contributed by atoms with Crippen LogP contribution in [0.15, 0.2) is 29.4 Å². The maximum atomic E-state index is 12.2. The highest BCUT2D eigenvalue weighted by Gasteiger charge is 1.84. The first-order valence-electron chi connectivity index (χ1n) is 3.55. The minimum absolute atomic E-state index is 0.162. The van der Waals surface area contributed by atoms with E-state index in [-0.39, 0.29) is 5.82 Å². The van der Waals surface area contributed by atoms with Crippen molar-refractivity contribution in [3.8, 4) is 0 Å². The Hall–Kier alpha value is -1.38. The summed E-state index contributed by atoms with van der Waals surface area (Å²) in [5.41, 5.74) is 0.963.